The van der Waals surface area contributed by atoms with E-state index in [1.54, 1.807) is 4.68 Å². The van der Waals surface area contributed by atoms with E-state index in [0.717, 1.165) is 30.3 Å². The van der Waals surface area contributed by atoms with Gasteiger partial charge in [0.15, 0.2) is 5.96 Å². The number of guanidine groups is 1. The predicted octanol–water partition coefficient (Wildman–Crippen LogP) is 4.24. The topological polar surface area (TPSA) is 104 Å². The van der Waals surface area contributed by atoms with Crippen molar-refractivity contribution < 1.29 is 0 Å². The van der Waals surface area contributed by atoms with Crippen molar-refractivity contribution in [3.63, 3.8) is 0 Å². The van der Waals surface area contributed by atoms with Crippen LogP contribution in [0.2, 0.25) is 0 Å². The van der Waals surface area contributed by atoms with Crippen molar-refractivity contribution in [2.24, 2.45) is 4.99 Å². The SMILES string of the molecule is CCNC(=NCC(C)c1ccccc1)NCCCc1nn(-c2ccccc2)c(N)c1C#N.I. The largest absolute Gasteiger partial charge is 0.382 e. The average Bonchev–Trinajstić information content (AvgIpc) is 3.16. The van der Waals surface area contributed by atoms with Crippen LogP contribution in [0.25, 0.3) is 5.69 Å². The number of aryl methyl sites for hydroxylation is 1. The lowest BCUT2D eigenvalue weighted by molar-refractivity contribution is 0.712. The van der Waals surface area contributed by atoms with Gasteiger partial charge in [-0.2, -0.15) is 10.4 Å². The van der Waals surface area contributed by atoms with Gasteiger partial charge in [0, 0.05) is 25.6 Å². The van der Waals surface area contributed by atoms with Crippen LogP contribution in [-0.4, -0.2) is 35.4 Å². The number of benzene rings is 2. The predicted molar refractivity (Wildman–Crippen MR) is 145 cm³/mol. The van der Waals surface area contributed by atoms with Gasteiger partial charge in [0.2, 0.25) is 0 Å². The first-order valence-electron chi connectivity index (χ1n) is 11.0. The van der Waals surface area contributed by atoms with Crippen molar-refractivity contribution in [1.29, 1.82) is 5.26 Å². The van der Waals surface area contributed by atoms with Crippen LogP contribution in [0.1, 0.15) is 43.0 Å². The molecule has 3 aromatic rings. The minimum Gasteiger partial charge on any atom is -0.382 e. The Kier molecular flexibility index (Phi) is 10.7. The number of hydrogen-bond acceptors (Lipinski definition) is 4. The molecule has 1 atom stereocenters. The molecule has 33 heavy (non-hydrogen) atoms. The smallest absolute Gasteiger partial charge is 0.191 e. The van der Waals surface area contributed by atoms with Crippen molar-refractivity contribution in [3.05, 3.63) is 77.5 Å². The molecule has 0 aliphatic carbocycles. The normalized spacial score (nSPS) is 11.8. The second-order valence-electron chi connectivity index (χ2n) is 7.63. The van der Waals surface area contributed by atoms with E-state index in [9.17, 15) is 5.26 Å². The molecular formula is C25H32IN7. The molecule has 0 bridgehead atoms. The van der Waals surface area contributed by atoms with E-state index < -0.39 is 0 Å². The van der Waals surface area contributed by atoms with Crippen molar-refractivity contribution in [3.8, 4) is 11.8 Å². The molecular weight excluding hydrogens is 525 g/mol. The molecule has 1 unspecified atom stereocenters. The highest BCUT2D eigenvalue weighted by atomic mass is 127. The fourth-order valence-corrected chi connectivity index (χ4v) is 3.46. The van der Waals surface area contributed by atoms with Gasteiger partial charge in [0.25, 0.3) is 0 Å². The zero-order valence-corrected chi connectivity index (χ0v) is 21.5. The summed E-state index contributed by atoms with van der Waals surface area (Å²) < 4.78 is 1.64. The third kappa shape index (κ3) is 7.22. The zero-order valence-electron chi connectivity index (χ0n) is 19.2. The Bertz CT molecular complexity index is 1060. The molecule has 174 valence electrons. The van der Waals surface area contributed by atoms with E-state index in [-0.39, 0.29) is 24.0 Å². The highest BCUT2D eigenvalue weighted by molar-refractivity contribution is 14.0. The molecule has 0 fully saturated rings. The van der Waals surface area contributed by atoms with Crippen LogP contribution in [0.15, 0.2) is 65.7 Å². The number of aliphatic imine (C=N–C) groups is 1. The molecule has 4 N–H and O–H groups in total. The summed E-state index contributed by atoms with van der Waals surface area (Å²) >= 11 is 0. The summed E-state index contributed by atoms with van der Waals surface area (Å²) in [6.07, 6.45) is 1.46. The number of nitrogens with two attached hydrogens (primary N) is 1. The third-order valence-electron chi connectivity index (χ3n) is 5.23. The molecule has 0 saturated heterocycles. The summed E-state index contributed by atoms with van der Waals surface area (Å²) in [4.78, 5) is 4.73. The van der Waals surface area contributed by atoms with Gasteiger partial charge in [-0.25, -0.2) is 4.68 Å². The third-order valence-corrected chi connectivity index (χ3v) is 5.23. The van der Waals surface area contributed by atoms with Gasteiger partial charge < -0.3 is 16.4 Å². The first kappa shape index (κ1) is 26.2. The number of nitrogens with one attached hydrogen (secondary N) is 2. The zero-order chi connectivity index (χ0) is 22.8. The fourth-order valence-electron chi connectivity index (χ4n) is 3.46. The molecule has 7 nitrogen and oxygen atoms in total. The van der Waals surface area contributed by atoms with E-state index in [2.05, 4.69) is 59.9 Å². The molecule has 0 saturated carbocycles. The molecule has 8 heteroatoms. The number of nitrogens with zero attached hydrogens (tertiary/aromatic N) is 4. The Morgan fingerprint density at radius 1 is 1.12 bits per heavy atom. The van der Waals surface area contributed by atoms with Crippen molar-refractivity contribution in [2.75, 3.05) is 25.4 Å². The number of anilines is 1. The van der Waals surface area contributed by atoms with Crippen LogP contribution in [0.5, 0.6) is 0 Å². The standard InChI is InChI=1S/C25H31N7.HI/c1-3-28-25(30-18-19(2)20-11-6-4-7-12-20)29-16-10-15-23-22(17-26)24(27)32(31-23)21-13-8-5-9-14-21;/h4-9,11-14,19H,3,10,15-16,18,27H2,1-2H3,(H2,28,29,30);1H. The molecule has 1 heterocycles. The lowest BCUT2D eigenvalue weighted by atomic mass is 10.0. The number of aromatic nitrogens is 2. The molecule has 0 amide bonds. The van der Waals surface area contributed by atoms with Gasteiger partial charge in [0.05, 0.1) is 11.4 Å². The summed E-state index contributed by atoms with van der Waals surface area (Å²) in [5.41, 5.74) is 9.48. The Morgan fingerprint density at radius 3 is 2.42 bits per heavy atom. The van der Waals surface area contributed by atoms with Crippen LogP contribution < -0.4 is 16.4 Å². The van der Waals surface area contributed by atoms with Gasteiger partial charge in [-0.1, -0.05) is 55.5 Å². The Morgan fingerprint density at radius 2 is 1.79 bits per heavy atom. The van der Waals surface area contributed by atoms with Gasteiger partial charge in [-0.15, -0.1) is 24.0 Å². The van der Waals surface area contributed by atoms with E-state index in [0.29, 0.717) is 36.8 Å². The average molecular weight is 557 g/mol. The molecule has 0 aliphatic rings. The molecule has 0 aliphatic heterocycles. The number of halogens is 1. The molecule has 2 aromatic carbocycles. The Hall–Kier alpha value is -3.06. The number of para-hydroxylation sites is 1. The lowest BCUT2D eigenvalue weighted by Gasteiger charge is -2.13. The summed E-state index contributed by atoms with van der Waals surface area (Å²) in [6.45, 7) is 6.45. The summed E-state index contributed by atoms with van der Waals surface area (Å²) in [5, 5.41) is 20.8. The second kappa shape index (κ2) is 13.5. The molecule has 3 rings (SSSR count). The summed E-state index contributed by atoms with van der Waals surface area (Å²) in [6, 6.07) is 22.2. The monoisotopic (exact) mass is 557 g/mol. The first-order valence-corrected chi connectivity index (χ1v) is 11.0. The number of nitrogen functional groups attached to an aromatic ring is 1. The van der Waals surface area contributed by atoms with Gasteiger partial charge in [0.1, 0.15) is 17.5 Å². The minimum atomic E-state index is 0. The van der Waals surface area contributed by atoms with Crippen LogP contribution in [0.3, 0.4) is 0 Å². The highest BCUT2D eigenvalue weighted by Gasteiger charge is 2.16. The minimum absolute atomic E-state index is 0. The first-order chi connectivity index (χ1) is 15.6. The van der Waals surface area contributed by atoms with E-state index in [4.69, 9.17) is 10.7 Å². The Balaban J connectivity index is 0.00000385. The second-order valence-corrected chi connectivity index (χ2v) is 7.63. The van der Waals surface area contributed by atoms with Gasteiger partial charge in [-0.05, 0) is 37.5 Å². The molecule has 0 spiro atoms. The van der Waals surface area contributed by atoms with Gasteiger partial charge in [-0.3, -0.25) is 4.99 Å². The summed E-state index contributed by atoms with van der Waals surface area (Å²) in [5.74, 6) is 1.52. The number of hydrogen-bond donors (Lipinski definition) is 3. The van der Waals surface area contributed by atoms with E-state index >= 15 is 0 Å². The van der Waals surface area contributed by atoms with Crippen molar-refractivity contribution >= 4 is 35.8 Å². The maximum atomic E-state index is 9.56. The van der Waals surface area contributed by atoms with Crippen molar-refractivity contribution in [2.45, 2.75) is 32.6 Å². The van der Waals surface area contributed by atoms with E-state index in [1.807, 2.05) is 36.4 Å². The maximum Gasteiger partial charge on any atom is 0.191 e. The van der Waals surface area contributed by atoms with E-state index in [1.165, 1.54) is 5.56 Å². The van der Waals surface area contributed by atoms with Gasteiger partial charge >= 0.3 is 0 Å². The maximum absolute atomic E-state index is 9.56. The van der Waals surface area contributed by atoms with Crippen molar-refractivity contribution in [1.82, 2.24) is 20.4 Å². The fraction of sp³-hybridized carbons (Fsp3) is 0.320. The number of rotatable bonds is 9. The molecule has 0 radical (unpaired) electrons. The van der Waals surface area contributed by atoms with Crippen LogP contribution in [0, 0.1) is 11.3 Å². The quantitative estimate of drug-likeness (QED) is 0.158. The van der Waals surface area contributed by atoms with Crippen LogP contribution in [-0.2, 0) is 6.42 Å². The van der Waals surface area contributed by atoms with Crippen LogP contribution >= 0.6 is 24.0 Å². The van der Waals surface area contributed by atoms with Crippen LogP contribution in [0.4, 0.5) is 5.82 Å². The molecule has 1 aromatic heterocycles. The highest BCUT2D eigenvalue weighted by Crippen LogP contribution is 2.21. The number of nitriles is 1. The Labute approximate surface area is 213 Å². The lowest BCUT2D eigenvalue weighted by Crippen LogP contribution is -2.38. The summed E-state index contributed by atoms with van der Waals surface area (Å²) in [7, 11) is 0.